The summed E-state index contributed by atoms with van der Waals surface area (Å²) in [6.45, 7) is 3.68. The average Bonchev–Trinajstić information content (AvgIpc) is 3.42. The van der Waals surface area contributed by atoms with Crippen molar-refractivity contribution < 1.29 is 23.5 Å². The fraction of sp³-hybridized carbons (Fsp3) is 0.440. The van der Waals surface area contributed by atoms with Gasteiger partial charge in [-0.25, -0.2) is 9.18 Å². The predicted octanol–water partition coefficient (Wildman–Crippen LogP) is 4.31. The summed E-state index contributed by atoms with van der Waals surface area (Å²) in [5, 5.41) is 2.63. The molecule has 0 spiro atoms. The molecule has 2 heterocycles. The van der Waals surface area contributed by atoms with Crippen LogP contribution in [0.3, 0.4) is 0 Å². The van der Waals surface area contributed by atoms with Gasteiger partial charge in [-0.3, -0.25) is 9.69 Å². The number of benzene rings is 2. The van der Waals surface area contributed by atoms with E-state index in [0.29, 0.717) is 17.2 Å². The summed E-state index contributed by atoms with van der Waals surface area (Å²) in [7, 11) is 0. The number of nitrogens with one attached hydrogen (secondary N) is 1. The summed E-state index contributed by atoms with van der Waals surface area (Å²) < 4.78 is 25.6. The summed E-state index contributed by atoms with van der Waals surface area (Å²) in [4.78, 5) is 24.6. The van der Waals surface area contributed by atoms with Gasteiger partial charge in [0.15, 0.2) is 0 Å². The minimum atomic E-state index is -0.541. The van der Waals surface area contributed by atoms with Crippen LogP contribution in [0.25, 0.3) is 11.1 Å². The molecule has 2 atom stereocenters. The van der Waals surface area contributed by atoms with Crippen molar-refractivity contribution in [2.75, 3.05) is 31.2 Å². The van der Waals surface area contributed by atoms with E-state index in [-0.39, 0.29) is 19.0 Å². The highest BCUT2D eigenvalue weighted by molar-refractivity contribution is 5.90. The van der Waals surface area contributed by atoms with Crippen LogP contribution in [0.15, 0.2) is 42.5 Å². The molecule has 0 radical (unpaired) electrons. The normalized spacial score (nSPS) is 20.4. The van der Waals surface area contributed by atoms with Crippen molar-refractivity contribution in [3.8, 4) is 11.1 Å². The molecule has 1 N–H and O–H groups in total. The zero-order valence-electron chi connectivity index (χ0n) is 18.3. The van der Waals surface area contributed by atoms with Crippen molar-refractivity contribution in [1.29, 1.82) is 0 Å². The second kappa shape index (κ2) is 10.1. The number of amides is 2. The molecule has 4 rings (SSSR count). The first-order chi connectivity index (χ1) is 15.5. The Hall–Kier alpha value is -2.93. The lowest BCUT2D eigenvalue weighted by Crippen LogP contribution is -2.33. The van der Waals surface area contributed by atoms with Gasteiger partial charge in [-0.1, -0.05) is 24.3 Å². The molecule has 2 aromatic carbocycles. The molecular weight excluding hydrogens is 411 g/mol. The average molecular weight is 441 g/mol. The molecule has 1 unspecified atom stereocenters. The first-order valence-corrected chi connectivity index (χ1v) is 11.2. The Morgan fingerprint density at radius 3 is 2.72 bits per heavy atom. The fourth-order valence-corrected chi connectivity index (χ4v) is 4.26. The molecule has 7 heteroatoms. The second-order valence-electron chi connectivity index (χ2n) is 8.54. The maximum atomic E-state index is 14.9. The van der Waals surface area contributed by atoms with E-state index >= 15 is 0 Å². The molecule has 32 heavy (non-hydrogen) atoms. The standard InChI is InChI=1S/C25H29FN2O4/c1-17(29)27-14-22-15-28(25(30)32-22)21-9-10-23(24(26)13-21)20-7-5-18(6-8-20)3-2-4-19-11-12-31-16-19/h5-10,13,19,22H,2-4,11-12,14-16H2,1H3,(H,27,29)/t19?,22-/m0/s1. The van der Waals surface area contributed by atoms with Crippen LogP contribution in [0.2, 0.25) is 0 Å². The summed E-state index contributed by atoms with van der Waals surface area (Å²) in [6.07, 6.45) is 3.49. The number of ether oxygens (including phenoxy) is 2. The fourth-order valence-electron chi connectivity index (χ4n) is 4.26. The van der Waals surface area contributed by atoms with E-state index < -0.39 is 18.0 Å². The van der Waals surface area contributed by atoms with Crippen LogP contribution in [0.5, 0.6) is 0 Å². The van der Waals surface area contributed by atoms with Crippen LogP contribution >= 0.6 is 0 Å². The van der Waals surface area contributed by atoms with Crippen LogP contribution in [0, 0.1) is 11.7 Å². The number of rotatable bonds is 8. The van der Waals surface area contributed by atoms with E-state index in [1.165, 1.54) is 36.3 Å². The number of hydrogen-bond acceptors (Lipinski definition) is 4. The van der Waals surface area contributed by atoms with E-state index in [0.717, 1.165) is 31.6 Å². The van der Waals surface area contributed by atoms with Crippen molar-refractivity contribution in [2.45, 2.75) is 38.7 Å². The quantitative estimate of drug-likeness (QED) is 0.664. The summed E-state index contributed by atoms with van der Waals surface area (Å²) in [6, 6.07) is 12.8. The molecule has 2 aromatic rings. The van der Waals surface area contributed by atoms with Gasteiger partial charge < -0.3 is 14.8 Å². The van der Waals surface area contributed by atoms with Gasteiger partial charge in [-0.2, -0.15) is 0 Å². The number of anilines is 1. The number of cyclic esters (lactones) is 1. The maximum absolute atomic E-state index is 14.9. The van der Waals surface area contributed by atoms with Crippen molar-refractivity contribution in [3.05, 3.63) is 53.8 Å². The highest BCUT2D eigenvalue weighted by Gasteiger charge is 2.32. The van der Waals surface area contributed by atoms with Gasteiger partial charge in [0.25, 0.3) is 0 Å². The largest absolute Gasteiger partial charge is 0.442 e. The molecule has 2 aliphatic heterocycles. The third-order valence-corrected chi connectivity index (χ3v) is 6.08. The van der Waals surface area contributed by atoms with Gasteiger partial charge in [0.2, 0.25) is 5.91 Å². The van der Waals surface area contributed by atoms with Gasteiger partial charge in [0.1, 0.15) is 11.9 Å². The summed E-state index contributed by atoms with van der Waals surface area (Å²) in [5.41, 5.74) is 2.98. The number of carbonyl (C=O) groups is 2. The maximum Gasteiger partial charge on any atom is 0.414 e. The molecular formula is C25H29FN2O4. The minimum absolute atomic E-state index is 0.190. The van der Waals surface area contributed by atoms with Crippen LogP contribution in [-0.2, 0) is 20.7 Å². The van der Waals surface area contributed by atoms with Crippen molar-refractivity contribution in [3.63, 3.8) is 0 Å². The molecule has 170 valence electrons. The zero-order chi connectivity index (χ0) is 22.5. The summed E-state index contributed by atoms with van der Waals surface area (Å²) in [5.74, 6) is 0.106. The van der Waals surface area contributed by atoms with Gasteiger partial charge in [-0.15, -0.1) is 0 Å². The number of halogens is 1. The van der Waals surface area contributed by atoms with Crippen LogP contribution < -0.4 is 10.2 Å². The van der Waals surface area contributed by atoms with E-state index in [2.05, 4.69) is 17.4 Å². The molecule has 0 aromatic heterocycles. The van der Waals surface area contributed by atoms with Gasteiger partial charge in [0, 0.05) is 25.7 Å². The Morgan fingerprint density at radius 1 is 1.22 bits per heavy atom. The smallest absolute Gasteiger partial charge is 0.414 e. The molecule has 0 saturated carbocycles. The van der Waals surface area contributed by atoms with E-state index in [1.54, 1.807) is 12.1 Å². The number of hydrogen-bond donors (Lipinski definition) is 1. The monoisotopic (exact) mass is 440 g/mol. The molecule has 6 nitrogen and oxygen atoms in total. The van der Waals surface area contributed by atoms with E-state index in [4.69, 9.17) is 9.47 Å². The number of nitrogens with zero attached hydrogens (tertiary/aromatic N) is 1. The minimum Gasteiger partial charge on any atom is -0.442 e. The second-order valence-corrected chi connectivity index (χ2v) is 8.54. The molecule has 2 amide bonds. The van der Waals surface area contributed by atoms with E-state index in [9.17, 15) is 14.0 Å². The Morgan fingerprint density at radius 2 is 2.03 bits per heavy atom. The van der Waals surface area contributed by atoms with E-state index in [1.807, 2.05) is 12.1 Å². The SMILES string of the molecule is CC(=O)NC[C@H]1CN(c2ccc(-c3ccc(CCCC4CCOC4)cc3)c(F)c2)C(=O)O1. The van der Waals surface area contributed by atoms with Crippen molar-refractivity contribution >= 4 is 17.7 Å². The van der Waals surface area contributed by atoms with Crippen LogP contribution in [0.1, 0.15) is 31.7 Å². The molecule has 2 saturated heterocycles. The van der Waals surface area contributed by atoms with Crippen LogP contribution in [0.4, 0.5) is 14.9 Å². The third-order valence-electron chi connectivity index (χ3n) is 6.08. The number of carbonyl (C=O) groups excluding carboxylic acids is 2. The van der Waals surface area contributed by atoms with Gasteiger partial charge in [0.05, 0.1) is 18.8 Å². The summed E-state index contributed by atoms with van der Waals surface area (Å²) >= 11 is 0. The molecule has 0 aliphatic carbocycles. The highest BCUT2D eigenvalue weighted by Crippen LogP contribution is 2.29. The molecule has 2 fully saturated rings. The topological polar surface area (TPSA) is 67.9 Å². The van der Waals surface area contributed by atoms with Gasteiger partial charge >= 0.3 is 6.09 Å². The Balaban J connectivity index is 1.36. The van der Waals surface area contributed by atoms with Crippen molar-refractivity contribution in [1.82, 2.24) is 5.32 Å². The molecule has 0 bridgehead atoms. The lowest BCUT2D eigenvalue weighted by molar-refractivity contribution is -0.119. The first-order valence-electron chi connectivity index (χ1n) is 11.2. The Labute approximate surface area is 187 Å². The van der Waals surface area contributed by atoms with Gasteiger partial charge in [-0.05, 0) is 60.9 Å². The highest BCUT2D eigenvalue weighted by atomic mass is 19.1. The van der Waals surface area contributed by atoms with Crippen LogP contribution in [-0.4, -0.2) is 44.4 Å². The first kappa shape index (κ1) is 22.3. The molecule has 2 aliphatic rings. The lowest BCUT2D eigenvalue weighted by atomic mass is 9.97. The Bertz CT molecular complexity index is 957. The van der Waals surface area contributed by atoms with Crippen molar-refractivity contribution in [2.24, 2.45) is 5.92 Å². The lowest BCUT2D eigenvalue weighted by Gasteiger charge is -2.15. The Kier molecular flexibility index (Phi) is 7.05. The predicted molar refractivity (Wildman–Crippen MR) is 120 cm³/mol. The third kappa shape index (κ3) is 5.46. The zero-order valence-corrected chi connectivity index (χ0v) is 18.3. The number of aryl methyl sites for hydroxylation is 1.